The molecular weight excluding hydrogens is 426 g/mol. The molecule has 2 N–H and O–H groups in total. The second kappa shape index (κ2) is 9.37. The van der Waals surface area contributed by atoms with Crippen molar-refractivity contribution in [1.82, 2.24) is 5.43 Å². The molecule has 0 saturated carbocycles. The molecule has 0 bridgehead atoms. The minimum absolute atomic E-state index is 0.0417. The van der Waals surface area contributed by atoms with Crippen LogP contribution in [0.4, 0.5) is 16.4 Å². The zero-order valence-corrected chi connectivity index (χ0v) is 16.4. The van der Waals surface area contributed by atoms with Crippen LogP contribution in [0.1, 0.15) is 25.6 Å². The SMILES string of the molecule is O=C(N/N=C/c1ccc([N+](=O)[O-])s1)c1cccc(NC(=O)c2cccc([N+](=O)[O-])c2)c1. The Balaban J connectivity index is 1.65. The van der Waals surface area contributed by atoms with Gasteiger partial charge in [0.25, 0.3) is 17.5 Å². The lowest BCUT2D eigenvalue weighted by Crippen LogP contribution is -2.18. The standard InChI is InChI=1S/C19H13N5O6S/c25-18(13-4-2-6-15(10-13)23(27)28)21-14-5-1-3-12(9-14)19(26)22-20-11-16-7-8-17(31-16)24(29)30/h1-11H,(H,21,25)(H,22,26)/b20-11+. The van der Waals surface area contributed by atoms with Crippen molar-refractivity contribution in [1.29, 1.82) is 0 Å². The van der Waals surface area contributed by atoms with Gasteiger partial charge in [0, 0.05) is 35.0 Å². The van der Waals surface area contributed by atoms with Crippen LogP contribution in [0.15, 0.2) is 65.8 Å². The van der Waals surface area contributed by atoms with Gasteiger partial charge in [0.1, 0.15) is 0 Å². The fourth-order valence-corrected chi connectivity index (χ4v) is 3.12. The van der Waals surface area contributed by atoms with Crippen LogP contribution in [0, 0.1) is 20.2 Å². The molecule has 2 aromatic carbocycles. The molecule has 3 rings (SSSR count). The van der Waals surface area contributed by atoms with Crippen LogP contribution in [0.5, 0.6) is 0 Å². The lowest BCUT2D eigenvalue weighted by atomic mass is 10.1. The van der Waals surface area contributed by atoms with Crippen LogP contribution in [0.3, 0.4) is 0 Å². The number of hydrazone groups is 1. The molecule has 0 aliphatic rings. The van der Waals surface area contributed by atoms with E-state index in [0.717, 1.165) is 17.4 Å². The lowest BCUT2D eigenvalue weighted by Gasteiger charge is -2.07. The first-order chi connectivity index (χ1) is 14.8. The minimum atomic E-state index is -0.601. The number of non-ortho nitro benzene ring substituents is 1. The van der Waals surface area contributed by atoms with E-state index in [1.165, 1.54) is 48.7 Å². The highest BCUT2D eigenvalue weighted by Crippen LogP contribution is 2.22. The second-order valence-electron chi connectivity index (χ2n) is 5.97. The molecule has 0 aliphatic heterocycles. The van der Waals surface area contributed by atoms with Gasteiger partial charge < -0.3 is 5.32 Å². The summed E-state index contributed by atoms with van der Waals surface area (Å²) in [5.41, 5.74) is 2.69. The van der Waals surface area contributed by atoms with Crippen molar-refractivity contribution in [3.63, 3.8) is 0 Å². The minimum Gasteiger partial charge on any atom is -0.322 e. The third kappa shape index (κ3) is 5.55. The molecule has 0 radical (unpaired) electrons. The number of rotatable bonds is 7. The Labute approximate surface area is 178 Å². The highest BCUT2D eigenvalue weighted by molar-refractivity contribution is 7.16. The van der Waals surface area contributed by atoms with Crippen molar-refractivity contribution in [3.8, 4) is 0 Å². The summed E-state index contributed by atoms with van der Waals surface area (Å²) < 4.78 is 0. The van der Waals surface area contributed by atoms with Crippen molar-refractivity contribution in [3.05, 3.63) is 96.9 Å². The van der Waals surface area contributed by atoms with Crippen LogP contribution in [0.25, 0.3) is 0 Å². The molecular formula is C19H13N5O6S. The van der Waals surface area contributed by atoms with Gasteiger partial charge in [-0.3, -0.25) is 29.8 Å². The Morgan fingerprint density at radius 1 is 0.903 bits per heavy atom. The molecule has 12 heteroatoms. The smallest absolute Gasteiger partial charge is 0.322 e. The van der Waals surface area contributed by atoms with E-state index in [-0.39, 0.29) is 21.8 Å². The van der Waals surface area contributed by atoms with Gasteiger partial charge in [-0.1, -0.05) is 23.5 Å². The average molecular weight is 439 g/mol. The van der Waals surface area contributed by atoms with Crippen LogP contribution in [0.2, 0.25) is 0 Å². The number of benzene rings is 2. The number of hydrogen-bond donors (Lipinski definition) is 2. The number of anilines is 1. The highest BCUT2D eigenvalue weighted by Gasteiger charge is 2.13. The number of nitro benzene ring substituents is 1. The number of nitrogens with one attached hydrogen (secondary N) is 2. The summed E-state index contributed by atoms with van der Waals surface area (Å²) in [6.45, 7) is 0. The van der Waals surface area contributed by atoms with Gasteiger partial charge in [-0.25, -0.2) is 5.43 Å². The van der Waals surface area contributed by atoms with Gasteiger partial charge in [0.05, 0.1) is 20.9 Å². The number of carbonyl (C=O) groups is 2. The number of nitro groups is 2. The van der Waals surface area contributed by atoms with E-state index in [1.54, 1.807) is 12.1 Å². The summed E-state index contributed by atoms with van der Waals surface area (Å²) in [5.74, 6) is -1.13. The Hall–Kier alpha value is -4.45. The van der Waals surface area contributed by atoms with Crippen molar-refractivity contribution in [2.24, 2.45) is 5.10 Å². The van der Waals surface area contributed by atoms with Gasteiger partial charge in [-0.15, -0.1) is 0 Å². The normalized spacial score (nSPS) is 10.6. The van der Waals surface area contributed by atoms with Crippen LogP contribution >= 0.6 is 11.3 Å². The summed E-state index contributed by atoms with van der Waals surface area (Å²) in [6.07, 6.45) is 1.28. The fraction of sp³-hybridized carbons (Fsp3) is 0. The predicted molar refractivity (Wildman–Crippen MR) is 114 cm³/mol. The molecule has 1 aromatic heterocycles. The van der Waals surface area contributed by atoms with Gasteiger partial charge in [-0.2, -0.15) is 5.10 Å². The quantitative estimate of drug-likeness (QED) is 0.325. The van der Waals surface area contributed by atoms with E-state index in [1.807, 2.05) is 0 Å². The molecule has 0 saturated heterocycles. The predicted octanol–water partition coefficient (Wildman–Crippen LogP) is 3.58. The molecule has 156 valence electrons. The third-order valence-electron chi connectivity index (χ3n) is 3.85. The summed E-state index contributed by atoms with van der Waals surface area (Å²) in [6, 6.07) is 14.1. The van der Waals surface area contributed by atoms with E-state index in [0.29, 0.717) is 10.6 Å². The molecule has 0 spiro atoms. The monoisotopic (exact) mass is 439 g/mol. The molecule has 0 atom stereocenters. The third-order valence-corrected chi connectivity index (χ3v) is 4.82. The van der Waals surface area contributed by atoms with Crippen molar-refractivity contribution in [2.45, 2.75) is 0 Å². The number of carbonyl (C=O) groups excluding carboxylic acids is 2. The molecule has 11 nitrogen and oxygen atoms in total. The Kier molecular flexibility index (Phi) is 6.42. The number of thiophene rings is 1. The first-order valence-electron chi connectivity index (χ1n) is 8.57. The molecule has 3 aromatic rings. The Morgan fingerprint density at radius 3 is 2.29 bits per heavy atom. The summed E-state index contributed by atoms with van der Waals surface area (Å²) in [4.78, 5) is 45.5. The Morgan fingerprint density at radius 2 is 1.61 bits per heavy atom. The topological polar surface area (TPSA) is 157 Å². The largest absolute Gasteiger partial charge is 0.324 e. The second-order valence-corrected chi connectivity index (χ2v) is 7.07. The van der Waals surface area contributed by atoms with Gasteiger partial charge in [0.15, 0.2) is 0 Å². The van der Waals surface area contributed by atoms with E-state index >= 15 is 0 Å². The summed E-state index contributed by atoms with van der Waals surface area (Å²) >= 11 is 0.909. The van der Waals surface area contributed by atoms with Gasteiger partial charge in [0.2, 0.25) is 0 Å². The average Bonchev–Trinajstić information content (AvgIpc) is 3.23. The molecule has 0 unspecified atom stereocenters. The van der Waals surface area contributed by atoms with E-state index in [2.05, 4.69) is 15.8 Å². The van der Waals surface area contributed by atoms with Crippen LogP contribution in [-0.4, -0.2) is 27.9 Å². The lowest BCUT2D eigenvalue weighted by molar-refractivity contribution is -0.384. The van der Waals surface area contributed by atoms with Crippen molar-refractivity contribution < 1.29 is 19.4 Å². The van der Waals surface area contributed by atoms with Crippen LogP contribution < -0.4 is 10.7 Å². The van der Waals surface area contributed by atoms with E-state index < -0.39 is 21.7 Å². The first-order valence-corrected chi connectivity index (χ1v) is 9.38. The Bertz CT molecular complexity index is 1210. The maximum atomic E-state index is 12.3. The number of amides is 2. The summed E-state index contributed by atoms with van der Waals surface area (Å²) in [5, 5.41) is 27.8. The molecule has 1 heterocycles. The first kappa shape index (κ1) is 21.3. The van der Waals surface area contributed by atoms with Gasteiger partial charge in [-0.05, 0) is 30.3 Å². The van der Waals surface area contributed by atoms with Gasteiger partial charge >= 0.3 is 5.00 Å². The molecule has 0 aliphatic carbocycles. The zero-order chi connectivity index (χ0) is 22.4. The molecule has 31 heavy (non-hydrogen) atoms. The zero-order valence-electron chi connectivity index (χ0n) is 15.6. The van der Waals surface area contributed by atoms with Crippen molar-refractivity contribution in [2.75, 3.05) is 5.32 Å². The van der Waals surface area contributed by atoms with E-state index in [4.69, 9.17) is 0 Å². The maximum Gasteiger partial charge on any atom is 0.324 e. The van der Waals surface area contributed by atoms with Crippen molar-refractivity contribution >= 4 is 45.7 Å². The molecule has 0 fully saturated rings. The molecule has 2 amide bonds. The highest BCUT2D eigenvalue weighted by atomic mass is 32.1. The fourth-order valence-electron chi connectivity index (χ4n) is 2.43. The number of hydrogen-bond acceptors (Lipinski definition) is 8. The number of nitrogens with zero attached hydrogens (tertiary/aromatic N) is 3. The van der Waals surface area contributed by atoms with Crippen LogP contribution in [-0.2, 0) is 0 Å². The summed E-state index contributed by atoms with van der Waals surface area (Å²) in [7, 11) is 0. The van der Waals surface area contributed by atoms with E-state index in [9.17, 15) is 29.8 Å². The maximum absolute atomic E-state index is 12.3.